The van der Waals surface area contributed by atoms with Crippen LogP contribution in [0, 0.1) is 5.92 Å². The molecule has 1 aliphatic rings. The van der Waals surface area contributed by atoms with E-state index < -0.39 is 17.9 Å². The highest BCUT2D eigenvalue weighted by Gasteiger charge is 2.34. The molecule has 1 amide bonds. The number of carboxylic acids is 1. The van der Waals surface area contributed by atoms with Crippen LogP contribution in [0.5, 0.6) is 0 Å². The lowest BCUT2D eigenvalue weighted by molar-refractivity contribution is -0.142. The van der Waals surface area contributed by atoms with Crippen LogP contribution in [0.25, 0.3) is 0 Å². The number of carboxylic acid groups (broad SMARTS) is 1. The van der Waals surface area contributed by atoms with E-state index >= 15 is 0 Å². The lowest BCUT2D eigenvalue weighted by Gasteiger charge is -2.15. The molecule has 0 bridgehead atoms. The van der Waals surface area contributed by atoms with Crippen LogP contribution in [0.2, 0.25) is 0 Å². The Hall–Kier alpha value is -1.14. The summed E-state index contributed by atoms with van der Waals surface area (Å²) < 4.78 is 4.99. The molecule has 6 nitrogen and oxygen atoms in total. The average molecular weight is 202 g/mol. The van der Waals surface area contributed by atoms with Crippen LogP contribution >= 0.6 is 0 Å². The minimum Gasteiger partial charge on any atom is -0.481 e. The van der Waals surface area contributed by atoms with Crippen LogP contribution in [-0.4, -0.2) is 49.8 Å². The number of hydrogen-bond acceptors (Lipinski definition) is 4. The van der Waals surface area contributed by atoms with Gasteiger partial charge in [-0.05, 0) is 7.05 Å². The largest absolute Gasteiger partial charge is 0.481 e. The quantitative estimate of drug-likeness (QED) is 0.512. The van der Waals surface area contributed by atoms with Gasteiger partial charge in [-0.2, -0.15) is 0 Å². The van der Waals surface area contributed by atoms with Crippen molar-refractivity contribution in [3.8, 4) is 0 Å². The van der Waals surface area contributed by atoms with Crippen molar-refractivity contribution < 1.29 is 19.4 Å². The lowest BCUT2D eigenvalue weighted by atomic mass is 10.0. The van der Waals surface area contributed by atoms with E-state index in [-0.39, 0.29) is 25.7 Å². The van der Waals surface area contributed by atoms with Gasteiger partial charge >= 0.3 is 5.97 Å². The number of carbonyl (C=O) groups excluding carboxylic acids is 1. The summed E-state index contributed by atoms with van der Waals surface area (Å²) in [6.07, 6.45) is 0. The molecule has 0 aromatic rings. The summed E-state index contributed by atoms with van der Waals surface area (Å²) in [5.41, 5.74) is 0. The molecule has 2 unspecified atom stereocenters. The fraction of sp³-hybridized carbons (Fsp3) is 0.750. The van der Waals surface area contributed by atoms with Crippen molar-refractivity contribution in [1.82, 2.24) is 10.6 Å². The van der Waals surface area contributed by atoms with Gasteiger partial charge in [0.05, 0.1) is 25.8 Å². The monoisotopic (exact) mass is 202 g/mol. The summed E-state index contributed by atoms with van der Waals surface area (Å²) in [4.78, 5) is 21.8. The number of amides is 1. The molecule has 0 spiro atoms. The number of ether oxygens (including phenoxy) is 1. The Labute approximate surface area is 81.6 Å². The predicted octanol–water partition coefficient (Wildman–Crippen LogP) is -1.58. The Morgan fingerprint density at radius 1 is 1.50 bits per heavy atom. The van der Waals surface area contributed by atoms with Gasteiger partial charge in [0.25, 0.3) is 0 Å². The molecule has 0 radical (unpaired) electrons. The van der Waals surface area contributed by atoms with Gasteiger partial charge in [0, 0.05) is 0 Å². The molecule has 6 heteroatoms. The number of rotatable bonds is 4. The summed E-state index contributed by atoms with van der Waals surface area (Å²) in [5, 5.41) is 14.1. The van der Waals surface area contributed by atoms with Gasteiger partial charge in [-0.15, -0.1) is 0 Å². The van der Waals surface area contributed by atoms with Crippen molar-refractivity contribution >= 4 is 11.9 Å². The maximum Gasteiger partial charge on any atom is 0.311 e. The fourth-order valence-corrected chi connectivity index (χ4v) is 1.36. The van der Waals surface area contributed by atoms with E-state index in [9.17, 15) is 9.59 Å². The molecule has 0 aliphatic carbocycles. The summed E-state index contributed by atoms with van der Waals surface area (Å²) in [6, 6.07) is -0.409. The predicted molar refractivity (Wildman–Crippen MR) is 47.8 cm³/mol. The second-order valence-corrected chi connectivity index (χ2v) is 3.19. The van der Waals surface area contributed by atoms with Crippen molar-refractivity contribution in [2.75, 3.05) is 26.8 Å². The third kappa shape index (κ3) is 2.68. The Morgan fingerprint density at radius 3 is 2.79 bits per heavy atom. The highest BCUT2D eigenvalue weighted by molar-refractivity contribution is 5.80. The second-order valence-electron chi connectivity index (χ2n) is 3.19. The van der Waals surface area contributed by atoms with Gasteiger partial charge in [0.2, 0.25) is 5.91 Å². The van der Waals surface area contributed by atoms with Crippen molar-refractivity contribution in [2.45, 2.75) is 6.04 Å². The number of carbonyl (C=O) groups is 2. The molecule has 2 atom stereocenters. The second kappa shape index (κ2) is 4.92. The first-order valence-electron chi connectivity index (χ1n) is 4.39. The molecule has 0 aromatic heterocycles. The number of hydrogen-bond donors (Lipinski definition) is 3. The van der Waals surface area contributed by atoms with Crippen molar-refractivity contribution in [3.05, 3.63) is 0 Å². The van der Waals surface area contributed by atoms with E-state index in [1.807, 2.05) is 0 Å². The zero-order valence-corrected chi connectivity index (χ0v) is 7.95. The smallest absolute Gasteiger partial charge is 0.311 e. The first kappa shape index (κ1) is 10.9. The molecular formula is C8H14N2O4. The van der Waals surface area contributed by atoms with Gasteiger partial charge in [0.1, 0.15) is 5.92 Å². The number of nitrogens with one attached hydrogen (secondary N) is 2. The van der Waals surface area contributed by atoms with Crippen LogP contribution in [0.15, 0.2) is 0 Å². The topological polar surface area (TPSA) is 87.7 Å². The van der Waals surface area contributed by atoms with Crippen molar-refractivity contribution in [3.63, 3.8) is 0 Å². The Morgan fingerprint density at radius 2 is 2.21 bits per heavy atom. The average Bonchev–Trinajstić information content (AvgIpc) is 2.52. The molecule has 3 N–H and O–H groups in total. The van der Waals surface area contributed by atoms with Crippen LogP contribution in [0.3, 0.4) is 0 Å². The molecule has 1 saturated heterocycles. The van der Waals surface area contributed by atoms with E-state index in [0.29, 0.717) is 0 Å². The molecule has 1 rings (SSSR count). The zero-order valence-electron chi connectivity index (χ0n) is 7.95. The zero-order chi connectivity index (χ0) is 10.6. The Kier molecular flexibility index (Phi) is 3.84. The highest BCUT2D eigenvalue weighted by Crippen LogP contribution is 2.13. The van der Waals surface area contributed by atoms with Crippen molar-refractivity contribution in [1.29, 1.82) is 0 Å². The minimum atomic E-state index is -0.933. The normalized spacial score (nSPS) is 26.1. The summed E-state index contributed by atoms with van der Waals surface area (Å²) in [6.45, 7) is 0.620. The fourth-order valence-electron chi connectivity index (χ4n) is 1.36. The van der Waals surface area contributed by atoms with E-state index in [1.165, 1.54) is 0 Å². The first-order valence-corrected chi connectivity index (χ1v) is 4.39. The molecule has 1 heterocycles. The standard InChI is InChI=1S/C8H14N2O4/c1-9-2-7(11)10-6-4-14-3-5(6)8(12)13/h5-6,9H,2-4H2,1H3,(H,10,11)(H,12,13). The van der Waals surface area contributed by atoms with E-state index in [4.69, 9.17) is 9.84 Å². The Bertz CT molecular complexity index is 231. The summed E-state index contributed by atoms with van der Waals surface area (Å²) in [7, 11) is 1.65. The van der Waals surface area contributed by atoms with E-state index in [2.05, 4.69) is 10.6 Å². The molecule has 0 aromatic carbocycles. The van der Waals surface area contributed by atoms with Gasteiger partial charge in [0.15, 0.2) is 0 Å². The van der Waals surface area contributed by atoms with Gasteiger partial charge in [-0.25, -0.2) is 0 Å². The SMILES string of the molecule is CNCC(=O)NC1COCC1C(=O)O. The molecule has 1 aliphatic heterocycles. The van der Waals surface area contributed by atoms with Crippen LogP contribution in [0.1, 0.15) is 0 Å². The lowest BCUT2D eigenvalue weighted by Crippen LogP contribution is -2.45. The highest BCUT2D eigenvalue weighted by atomic mass is 16.5. The van der Waals surface area contributed by atoms with Gasteiger partial charge in [-0.1, -0.05) is 0 Å². The van der Waals surface area contributed by atoms with Gasteiger partial charge in [-0.3, -0.25) is 9.59 Å². The van der Waals surface area contributed by atoms with Crippen LogP contribution in [0.4, 0.5) is 0 Å². The maximum atomic E-state index is 11.1. The molecular weight excluding hydrogens is 188 g/mol. The number of likely N-dealkylation sites (N-methyl/N-ethyl adjacent to an activating group) is 1. The van der Waals surface area contributed by atoms with Crippen molar-refractivity contribution in [2.24, 2.45) is 5.92 Å². The number of aliphatic carboxylic acids is 1. The van der Waals surface area contributed by atoms with Crippen LogP contribution < -0.4 is 10.6 Å². The summed E-state index contributed by atoms with van der Waals surface area (Å²) in [5.74, 6) is -1.78. The molecule has 14 heavy (non-hydrogen) atoms. The first-order chi connectivity index (χ1) is 6.65. The van der Waals surface area contributed by atoms with E-state index in [1.54, 1.807) is 7.05 Å². The van der Waals surface area contributed by atoms with E-state index in [0.717, 1.165) is 0 Å². The summed E-state index contributed by atoms with van der Waals surface area (Å²) >= 11 is 0. The third-order valence-corrected chi connectivity index (χ3v) is 2.08. The Balaban J connectivity index is 2.43. The molecule has 80 valence electrons. The minimum absolute atomic E-state index is 0.167. The third-order valence-electron chi connectivity index (χ3n) is 2.08. The molecule has 1 fully saturated rings. The van der Waals surface area contributed by atoms with Crippen LogP contribution in [-0.2, 0) is 14.3 Å². The van der Waals surface area contributed by atoms with Gasteiger partial charge < -0.3 is 20.5 Å². The molecule has 0 saturated carbocycles. The maximum absolute atomic E-state index is 11.1.